The van der Waals surface area contributed by atoms with Crippen molar-refractivity contribution in [2.75, 3.05) is 33.9 Å². The van der Waals surface area contributed by atoms with Crippen LogP contribution in [0.25, 0.3) is 0 Å². The number of nitrogens with one attached hydrogen (secondary N) is 1. The fraction of sp³-hybridized carbons (Fsp3) is 0.632. The van der Waals surface area contributed by atoms with Gasteiger partial charge in [-0.05, 0) is 50.4 Å². The van der Waals surface area contributed by atoms with Gasteiger partial charge in [-0.15, -0.1) is 12.4 Å². The lowest BCUT2D eigenvalue weighted by molar-refractivity contribution is 0.0697. The van der Waals surface area contributed by atoms with Crippen molar-refractivity contribution in [3.63, 3.8) is 0 Å². The van der Waals surface area contributed by atoms with Crippen LogP contribution in [0.1, 0.15) is 43.5 Å². The highest BCUT2D eigenvalue weighted by molar-refractivity contribution is 5.95. The van der Waals surface area contributed by atoms with Crippen molar-refractivity contribution in [1.29, 1.82) is 0 Å². The number of nitrogens with zero attached hydrogens (tertiary/aromatic N) is 1. The fourth-order valence-corrected chi connectivity index (χ4v) is 2.90. The second kappa shape index (κ2) is 10.5. The number of piperidine rings is 1. The number of likely N-dealkylation sites (N-methyl/N-ethyl adjacent to an activating group) is 1. The molecule has 1 unspecified atom stereocenters. The highest BCUT2D eigenvalue weighted by Crippen LogP contribution is 2.29. The maximum Gasteiger partial charge on any atom is 0.254 e. The smallest absolute Gasteiger partial charge is 0.254 e. The van der Waals surface area contributed by atoms with E-state index in [1.54, 1.807) is 13.2 Å². The quantitative estimate of drug-likeness (QED) is 0.799. The Labute approximate surface area is 157 Å². The monoisotopic (exact) mass is 370 g/mol. The number of likely N-dealkylation sites (tertiary alicyclic amines) is 1. The predicted molar refractivity (Wildman–Crippen MR) is 103 cm³/mol. The van der Waals surface area contributed by atoms with Crippen LogP contribution in [0.2, 0.25) is 0 Å². The summed E-state index contributed by atoms with van der Waals surface area (Å²) in [5, 5.41) is 3.27. The van der Waals surface area contributed by atoms with E-state index in [9.17, 15) is 4.79 Å². The predicted octanol–water partition coefficient (Wildman–Crippen LogP) is 3.37. The maximum atomic E-state index is 12.7. The second-order valence-electron chi connectivity index (χ2n) is 6.78. The summed E-state index contributed by atoms with van der Waals surface area (Å²) in [6.45, 7) is 6.55. The third kappa shape index (κ3) is 6.08. The summed E-state index contributed by atoms with van der Waals surface area (Å²) in [5.74, 6) is 1.96. The standard InChI is InChI=1S/C19H30N2O3.ClH/c1-14(2)9-11-24-17-8-7-15(12-18(17)23-4)19(22)21-10-5-6-16(13-21)20-3;/h7-8,12,14,16,20H,5-6,9-11,13H2,1-4H3;1H. The zero-order valence-electron chi connectivity index (χ0n) is 15.7. The number of rotatable bonds is 7. The Bertz CT molecular complexity index is 551. The first kappa shape index (κ1) is 21.6. The second-order valence-corrected chi connectivity index (χ2v) is 6.78. The van der Waals surface area contributed by atoms with E-state index in [0.717, 1.165) is 32.4 Å². The average molecular weight is 371 g/mol. The molecular formula is C19H31ClN2O3. The molecule has 1 amide bonds. The molecule has 0 aliphatic carbocycles. The van der Waals surface area contributed by atoms with Crippen LogP contribution in [0.4, 0.5) is 0 Å². The average Bonchev–Trinajstić information content (AvgIpc) is 2.61. The van der Waals surface area contributed by atoms with E-state index in [2.05, 4.69) is 19.2 Å². The molecule has 0 radical (unpaired) electrons. The molecule has 1 aromatic carbocycles. The third-order valence-electron chi connectivity index (χ3n) is 4.48. The summed E-state index contributed by atoms with van der Waals surface area (Å²) in [6, 6.07) is 5.84. The highest BCUT2D eigenvalue weighted by atomic mass is 35.5. The van der Waals surface area contributed by atoms with Crippen LogP contribution < -0.4 is 14.8 Å². The van der Waals surface area contributed by atoms with Crippen LogP contribution >= 0.6 is 12.4 Å². The molecule has 0 saturated carbocycles. The van der Waals surface area contributed by atoms with Crippen LogP contribution in [0.15, 0.2) is 18.2 Å². The third-order valence-corrected chi connectivity index (χ3v) is 4.48. The molecule has 1 fully saturated rings. The van der Waals surface area contributed by atoms with Crippen molar-refractivity contribution in [1.82, 2.24) is 10.2 Å². The van der Waals surface area contributed by atoms with E-state index in [1.165, 1.54) is 0 Å². The van der Waals surface area contributed by atoms with Crippen LogP contribution in [0.3, 0.4) is 0 Å². The molecule has 1 aliphatic rings. The van der Waals surface area contributed by atoms with Crippen molar-refractivity contribution in [2.45, 2.75) is 39.2 Å². The molecule has 25 heavy (non-hydrogen) atoms. The van der Waals surface area contributed by atoms with Crippen molar-refractivity contribution >= 4 is 18.3 Å². The van der Waals surface area contributed by atoms with Gasteiger partial charge in [0.25, 0.3) is 5.91 Å². The number of amides is 1. The van der Waals surface area contributed by atoms with Gasteiger partial charge in [0.05, 0.1) is 13.7 Å². The highest BCUT2D eigenvalue weighted by Gasteiger charge is 2.24. The summed E-state index contributed by atoms with van der Waals surface area (Å²) >= 11 is 0. The molecule has 1 saturated heterocycles. The van der Waals surface area contributed by atoms with Gasteiger partial charge in [-0.3, -0.25) is 4.79 Å². The molecule has 1 aliphatic heterocycles. The Balaban J connectivity index is 0.00000312. The minimum Gasteiger partial charge on any atom is -0.493 e. The lowest BCUT2D eigenvalue weighted by Gasteiger charge is -2.32. The lowest BCUT2D eigenvalue weighted by Crippen LogP contribution is -2.46. The first-order valence-corrected chi connectivity index (χ1v) is 8.82. The molecule has 5 nitrogen and oxygen atoms in total. The number of methoxy groups -OCH3 is 1. The van der Waals surface area contributed by atoms with E-state index in [-0.39, 0.29) is 18.3 Å². The first-order chi connectivity index (χ1) is 11.5. The summed E-state index contributed by atoms with van der Waals surface area (Å²) < 4.78 is 11.2. The Kier molecular flexibility index (Phi) is 9.08. The molecule has 6 heteroatoms. The van der Waals surface area contributed by atoms with Gasteiger partial charge in [0, 0.05) is 24.7 Å². The molecule has 0 spiro atoms. The van der Waals surface area contributed by atoms with Crippen molar-refractivity contribution in [3.05, 3.63) is 23.8 Å². The van der Waals surface area contributed by atoms with Crippen LogP contribution in [0.5, 0.6) is 11.5 Å². The van der Waals surface area contributed by atoms with Crippen LogP contribution in [-0.2, 0) is 0 Å². The van der Waals surface area contributed by atoms with E-state index in [1.807, 2.05) is 24.1 Å². The summed E-state index contributed by atoms with van der Waals surface area (Å²) in [5.41, 5.74) is 0.653. The van der Waals surface area contributed by atoms with E-state index >= 15 is 0 Å². The molecule has 1 N–H and O–H groups in total. The summed E-state index contributed by atoms with van der Waals surface area (Å²) in [6.07, 6.45) is 3.14. The minimum atomic E-state index is 0. The fourth-order valence-electron chi connectivity index (χ4n) is 2.90. The van der Waals surface area contributed by atoms with Gasteiger partial charge in [-0.25, -0.2) is 0 Å². The Morgan fingerprint density at radius 3 is 2.76 bits per heavy atom. The zero-order chi connectivity index (χ0) is 17.5. The van der Waals surface area contributed by atoms with Crippen molar-refractivity contribution < 1.29 is 14.3 Å². The first-order valence-electron chi connectivity index (χ1n) is 8.82. The summed E-state index contributed by atoms with van der Waals surface area (Å²) in [4.78, 5) is 14.7. The Morgan fingerprint density at radius 2 is 2.12 bits per heavy atom. The Hall–Kier alpha value is -1.46. The van der Waals surface area contributed by atoms with Gasteiger partial charge < -0.3 is 19.7 Å². The van der Waals surface area contributed by atoms with Gasteiger partial charge in [-0.2, -0.15) is 0 Å². The summed E-state index contributed by atoms with van der Waals surface area (Å²) in [7, 11) is 3.56. The molecule has 0 bridgehead atoms. The van der Waals surface area contributed by atoms with Crippen LogP contribution in [-0.4, -0.2) is 50.7 Å². The van der Waals surface area contributed by atoms with Crippen molar-refractivity contribution in [3.8, 4) is 11.5 Å². The molecule has 1 aromatic rings. The zero-order valence-corrected chi connectivity index (χ0v) is 16.5. The molecule has 1 atom stereocenters. The minimum absolute atomic E-state index is 0. The molecule has 0 aromatic heterocycles. The van der Waals surface area contributed by atoms with E-state index in [0.29, 0.717) is 35.6 Å². The number of halogens is 1. The van der Waals surface area contributed by atoms with E-state index < -0.39 is 0 Å². The SMILES string of the molecule is CNC1CCCN(C(=O)c2ccc(OCCC(C)C)c(OC)c2)C1.Cl. The number of carbonyl (C=O) groups is 1. The molecule has 1 heterocycles. The number of hydrogen-bond acceptors (Lipinski definition) is 4. The number of carbonyl (C=O) groups excluding carboxylic acids is 1. The lowest BCUT2D eigenvalue weighted by atomic mass is 10.0. The normalized spacial score (nSPS) is 17.2. The van der Waals surface area contributed by atoms with Crippen molar-refractivity contribution in [2.24, 2.45) is 5.92 Å². The van der Waals surface area contributed by atoms with Gasteiger partial charge in [0.15, 0.2) is 11.5 Å². The Morgan fingerprint density at radius 1 is 1.36 bits per heavy atom. The topological polar surface area (TPSA) is 50.8 Å². The number of ether oxygens (including phenoxy) is 2. The van der Waals surface area contributed by atoms with Crippen LogP contribution in [0, 0.1) is 5.92 Å². The molecule has 2 rings (SSSR count). The van der Waals surface area contributed by atoms with E-state index in [4.69, 9.17) is 9.47 Å². The van der Waals surface area contributed by atoms with Gasteiger partial charge in [0.2, 0.25) is 0 Å². The van der Waals surface area contributed by atoms with Gasteiger partial charge >= 0.3 is 0 Å². The largest absolute Gasteiger partial charge is 0.493 e. The van der Waals surface area contributed by atoms with Gasteiger partial charge in [0.1, 0.15) is 0 Å². The molecule has 142 valence electrons. The molecular weight excluding hydrogens is 340 g/mol. The number of benzene rings is 1. The maximum absolute atomic E-state index is 12.7. The van der Waals surface area contributed by atoms with Gasteiger partial charge in [-0.1, -0.05) is 13.8 Å². The number of hydrogen-bond donors (Lipinski definition) is 1.